The largest absolute Gasteiger partial charge is 0.455 e. The van der Waals surface area contributed by atoms with E-state index in [1.165, 1.54) is 11.3 Å². The fourth-order valence-corrected chi connectivity index (χ4v) is 3.40. The average molecular weight is 365 g/mol. The van der Waals surface area contributed by atoms with Crippen LogP contribution in [-0.2, 0) is 11.3 Å². The number of nitrogens with zero attached hydrogens (tertiary/aromatic N) is 3. The van der Waals surface area contributed by atoms with Gasteiger partial charge in [-0.05, 0) is 19.1 Å². The molecule has 0 unspecified atom stereocenters. The van der Waals surface area contributed by atoms with Crippen LogP contribution in [-0.4, -0.2) is 20.7 Å². The fourth-order valence-electron chi connectivity index (χ4n) is 2.47. The number of rotatable bonds is 5. The summed E-state index contributed by atoms with van der Waals surface area (Å²) in [5.74, 6) is 0.225. The first-order valence-corrected chi connectivity index (χ1v) is 8.81. The number of carbonyl (C=O) groups excluding carboxylic acids is 1. The summed E-state index contributed by atoms with van der Waals surface area (Å²) in [6.07, 6.45) is 3.77. The van der Waals surface area contributed by atoms with E-state index in [0.29, 0.717) is 22.0 Å². The monoisotopic (exact) mass is 365 g/mol. The molecule has 7 heteroatoms. The number of aromatic nitrogens is 3. The zero-order valence-corrected chi connectivity index (χ0v) is 14.8. The van der Waals surface area contributed by atoms with Crippen LogP contribution in [0.15, 0.2) is 65.4 Å². The SMILES string of the molecule is Cc1nc(-n2cccc2)sc1C(=O)OCc1cc(-c2ccccc2)on1. The Hall–Kier alpha value is -3.19. The number of carbonyl (C=O) groups is 1. The zero-order valence-electron chi connectivity index (χ0n) is 14.0. The molecule has 0 N–H and O–H groups in total. The van der Waals surface area contributed by atoms with Crippen molar-refractivity contribution in [1.82, 2.24) is 14.7 Å². The van der Waals surface area contributed by atoms with Crippen molar-refractivity contribution in [3.63, 3.8) is 0 Å². The van der Waals surface area contributed by atoms with Gasteiger partial charge in [0.2, 0.25) is 0 Å². The van der Waals surface area contributed by atoms with Gasteiger partial charge in [-0.1, -0.05) is 46.8 Å². The standard InChI is InChI=1S/C19H15N3O3S/c1-13-17(26-19(20-13)22-9-5-6-10-22)18(23)24-12-15-11-16(25-21-15)14-7-3-2-4-8-14/h2-11H,12H2,1H3. The van der Waals surface area contributed by atoms with E-state index in [1.54, 1.807) is 13.0 Å². The molecule has 4 rings (SSSR count). The summed E-state index contributed by atoms with van der Waals surface area (Å²) in [7, 11) is 0. The van der Waals surface area contributed by atoms with Crippen LogP contribution in [0.2, 0.25) is 0 Å². The molecule has 0 aliphatic rings. The number of ether oxygens (including phenoxy) is 1. The number of aryl methyl sites for hydroxylation is 1. The molecule has 3 heterocycles. The summed E-state index contributed by atoms with van der Waals surface area (Å²) in [6.45, 7) is 1.84. The Balaban J connectivity index is 1.44. The van der Waals surface area contributed by atoms with Gasteiger partial charge in [0.1, 0.15) is 17.2 Å². The lowest BCUT2D eigenvalue weighted by molar-refractivity contribution is 0.0469. The van der Waals surface area contributed by atoms with Crippen molar-refractivity contribution in [3.8, 4) is 16.5 Å². The number of hydrogen-bond donors (Lipinski definition) is 0. The maximum Gasteiger partial charge on any atom is 0.350 e. The molecule has 0 saturated heterocycles. The zero-order chi connectivity index (χ0) is 17.9. The Bertz CT molecular complexity index is 1020. The Labute approximate surface area is 153 Å². The van der Waals surface area contributed by atoms with E-state index >= 15 is 0 Å². The minimum absolute atomic E-state index is 0.0470. The van der Waals surface area contributed by atoms with Crippen LogP contribution in [0.1, 0.15) is 21.1 Å². The number of esters is 1. The highest BCUT2D eigenvalue weighted by atomic mass is 32.1. The summed E-state index contributed by atoms with van der Waals surface area (Å²) in [5.41, 5.74) is 2.13. The van der Waals surface area contributed by atoms with Gasteiger partial charge in [-0.2, -0.15) is 0 Å². The van der Waals surface area contributed by atoms with E-state index in [0.717, 1.165) is 10.7 Å². The molecule has 0 saturated carbocycles. The van der Waals surface area contributed by atoms with Crippen molar-refractivity contribution >= 4 is 17.3 Å². The number of benzene rings is 1. The highest BCUT2D eigenvalue weighted by Crippen LogP contribution is 2.24. The first-order chi connectivity index (χ1) is 12.7. The van der Waals surface area contributed by atoms with Crippen LogP contribution in [0.5, 0.6) is 0 Å². The maximum atomic E-state index is 12.4. The summed E-state index contributed by atoms with van der Waals surface area (Å²) in [5, 5.41) is 4.69. The van der Waals surface area contributed by atoms with Gasteiger partial charge in [0.25, 0.3) is 0 Å². The van der Waals surface area contributed by atoms with Crippen LogP contribution < -0.4 is 0 Å². The fraction of sp³-hybridized carbons (Fsp3) is 0.105. The highest BCUT2D eigenvalue weighted by Gasteiger charge is 2.18. The Kier molecular flexibility index (Phi) is 4.37. The predicted octanol–water partition coefficient (Wildman–Crippen LogP) is 4.25. The van der Waals surface area contributed by atoms with E-state index < -0.39 is 5.97 Å². The third-order valence-corrected chi connectivity index (χ3v) is 4.92. The summed E-state index contributed by atoms with van der Waals surface area (Å²) >= 11 is 1.30. The van der Waals surface area contributed by atoms with Crippen LogP contribution in [0.4, 0.5) is 0 Å². The lowest BCUT2D eigenvalue weighted by Gasteiger charge is -2.00. The molecule has 6 nitrogen and oxygen atoms in total. The van der Waals surface area contributed by atoms with Crippen molar-refractivity contribution in [2.75, 3.05) is 0 Å². The molecular formula is C19H15N3O3S. The van der Waals surface area contributed by atoms with E-state index in [1.807, 2.05) is 59.4 Å². The Morgan fingerprint density at radius 3 is 2.73 bits per heavy atom. The van der Waals surface area contributed by atoms with E-state index in [-0.39, 0.29) is 6.61 Å². The van der Waals surface area contributed by atoms with Gasteiger partial charge in [-0.3, -0.25) is 0 Å². The molecular weight excluding hydrogens is 350 g/mol. The lowest BCUT2D eigenvalue weighted by Crippen LogP contribution is -2.05. The van der Waals surface area contributed by atoms with Crippen LogP contribution in [0.25, 0.3) is 16.5 Å². The number of thiazole rings is 1. The molecule has 26 heavy (non-hydrogen) atoms. The summed E-state index contributed by atoms with van der Waals surface area (Å²) in [4.78, 5) is 17.3. The van der Waals surface area contributed by atoms with Crippen LogP contribution >= 0.6 is 11.3 Å². The molecule has 3 aromatic heterocycles. The van der Waals surface area contributed by atoms with Gasteiger partial charge in [0.05, 0.1) is 5.69 Å². The molecule has 4 aromatic rings. The minimum Gasteiger partial charge on any atom is -0.455 e. The molecule has 0 fully saturated rings. The average Bonchev–Trinajstić information content (AvgIpc) is 3.41. The van der Waals surface area contributed by atoms with Gasteiger partial charge < -0.3 is 13.8 Å². The second-order valence-electron chi connectivity index (χ2n) is 5.63. The molecule has 0 radical (unpaired) electrons. The first-order valence-electron chi connectivity index (χ1n) is 7.99. The van der Waals surface area contributed by atoms with Gasteiger partial charge in [0, 0.05) is 24.0 Å². The van der Waals surface area contributed by atoms with E-state index in [9.17, 15) is 4.79 Å². The maximum absolute atomic E-state index is 12.4. The van der Waals surface area contributed by atoms with Gasteiger partial charge in [-0.15, -0.1) is 0 Å². The topological polar surface area (TPSA) is 70.2 Å². The van der Waals surface area contributed by atoms with Gasteiger partial charge >= 0.3 is 5.97 Å². The van der Waals surface area contributed by atoms with Crippen LogP contribution in [0, 0.1) is 6.92 Å². The second kappa shape index (κ2) is 6.97. The first kappa shape index (κ1) is 16.3. The predicted molar refractivity (Wildman–Crippen MR) is 97.2 cm³/mol. The third-order valence-electron chi connectivity index (χ3n) is 3.76. The Morgan fingerprint density at radius 2 is 1.96 bits per heavy atom. The quantitative estimate of drug-likeness (QED) is 0.494. The number of hydrogen-bond acceptors (Lipinski definition) is 6. The molecule has 0 atom stereocenters. The van der Waals surface area contributed by atoms with Crippen molar-refractivity contribution in [2.45, 2.75) is 13.5 Å². The highest BCUT2D eigenvalue weighted by molar-refractivity contribution is 7.16. The van der Waals surface area contributed by atoms with Crippen molar-refractivity contribution in [1.29, 1.82) is 0 Å². The molecule has 0 bridgehead atoms. The lowest BCUT2D eigenvalue weighted by atomic mass is 10.2. The summed E-state index contributed by atoms with van der Waals surface area (Å²) < 4.78 is 12.5. The van der Waals surface area contributed by atoms with Crippen molar-refractivity contribution in [3.05, 3.63) is 77.2 Å². The molecule has 0 spiro atoms. The molecule has 0 amide bonds. The van der Waals surface area contributed by atoms with Crippen molar-refractivity contribution in [2.24, 2.45) is 0 Å². The normalized spacial score (nSPS) is 10.8. The smallest absolute Gasteiger partial charge is 0.350 e. The summed E-state index contributed by atoms with van der Waals surface area (Å²) in [6, 6.07) is 15.2. The van der Waals surface area contributed by atoms with Gasteiger partial charge in [-0.25, -0.2) is 9.78 Å². The Morgan fingerprint density at radius 1 is 1.19 bits per heavy atom. The van der Waals surface area contributed by atoms with E-state index in [2.05, 4.69) is 10.1 Å². The van der Waals surface area contributed by atoms with Crippen molar-refractivity contribution < 1.29 is 14.1 Å². The van der Waals surface area contributed by atoms with E-state index in [4.69, 9.17) is 9.26 Å². The van der Waals surface area contributed by atoms with Crippen LogP contribution in [0.3, 0.4) is 0 Å². The third kappa shape index (κ3) is 3.29. The minimum atomic E-state index is -0.414. The molecule has 0 aliphatic heterocycles. The molecule has 130 valence electrons. The molecule has 1 aromatic carbocycles. The molecule has 0 aliphatic carbocycles. The van der Waals surface area contributed by atoms with Gasteiger partial charge in [0.15, 0.2) is 10.9 Å². The second-order valence-corrected chi connectivity index (χ2v) is 6.60.